The number of ether oxygens (including phenoxy) is 2. The summed E-state index contributed by atoms with van der Waals surface area (Å²) in [6.07, 6.45) is -3.31. The number of anilines is 2. The number of likely N-dealkylation sites (N-methyl/N-ethyl adjacent to an activating group) is 1. The first-order valence-corrected chi connectivity index (χ1v) is 11.9. The molecule has 0 radical (unpaired) electrons. The van der Waals surface area contributed by atoms with Gasteiger partial charge in [0.1, 0.15) is 29.5 Å². The number of halogens is 4. The Balaban J connectivity index is 1.73. The highest BCUT2D eigenvalue weighted by Crippen LogP contribution is 2.40. The molecule has 0 bridgehead atoms. The smallest absolute Gasteiger partial charge is 0.417 e. The van der Waals surface area contributed by atoms with E-state index in [2.05, 4.69) is 31.8 Å². The van der Waals surface area contributed by atoms with Gasteiger partial charge >= 0.3 is 12.2 Å². The van der Waals surface area contributed by atoms with Crippen LogP contribution in [0, 0.1) is 6.92 Å². The van der Waals surface area contributed by atoms with Crippen molar-refractivity contribution in [3.05, 3.63) is 70.5 Å². The molecule has 3 aromatic rings. The van der Waals surface area contributed by atoms with Crippen molar-refractivity contribution in [2.24, 2.45) is 0 Å². The highest BCUT2D eigenvalue weighted by atomic mass is 35.5. The van der Waals surface area contributed by atoms with Crippen molar-refractivity contribution in [1.29, 1.82) is 0 Å². The first-order valence-electron chi connectivity index (χ1n) is 11.5. The molecule has 39 heavy (non-hydrogen) atoms. The lowest BCUT2D eigenvalue weighted by atomic mass is 10.1. The zero-order valence-electron chi connectivity index (χ0n) is 21.1. The predicted molar refractivity (Wildman–Crippen MR) is 141 cm³/mol. The molecule has 0 spiro atoms. The molecule has 0 aliphatic rings. The Labute approximate surface area is 227 Å². The van der Waals surface area contributed by atoms with Gasteiger partial charge in [-0.05, 0) is 38.2 Å². The van der Waals surface area contributed by atoms with Gasteiger partial charge in [0.2, 0.25) is 0 Å². The number of urea groups is 1. The summed E-state index contributed by atoms with van der Waals surface area (Å²) < 4.78 is 51.5. The van der Waals surface area contributed by atoms with Crippen LogP contribution in [0.3, 0.4) is 0 Å². The minimum absolute atomic E-state index is 0.0292. The number of hydrazine groups is 1. The van der Waals surface area contributed by atoms with E-state index in [4.69, 9.17) is 21.1 Å². The molecule has 1 aromatic heterocycles. The highest BCUT2D eigenvalue weighted by Gasteiger charge is 2.34. The molecule has 1 heterocycles. The molecule has 14 heteroatoms. The molecule has 0 saturated carbocycles. The fourth-order valence-corrected chi connectivity index (χ4v) is 3.51. The van der Waals surface area contributed by atoms with E-state index < -0.39 is 22.8 Å². The van der Waals surface area contributed by atoms with Crippen molar-refractivity contribution in [1.82, 2.24) is 21.0 Å². The summed E-state index contributed by atoms with van der Waals surface area (Å²) in [7, 11) is 3.17. The quantitative estimate of drug-likeness (QED) is 0.173. The third-order valence-corrected chi connectivity index (χ3v) is 5.56. The Kier molecular flexibility index (Phi) is 9.79. The van der Waals surface area contributed by atoms with Crippen molar-refractivity contribution in [2.75, 3.05) is 38.0 Å². The number of amides is 3. The van der Waals surface area contributed by atoms with Crippen molar-refractivity contribution >= 4 is 34.9 Å². The molecule has 5 N–H and O–H groups in total. The second-order valence-corrected chi connectivity index (χ2v) is 8.38. The fraction of sp³-hybridized carbons (Fsp3) is 0.240. The summed E-state index contributed by atoms with van der Waals surface area (Å²) in [5.74, 6) is 0.382. The molecule has 0 fully saturated rings. The zero-order valence-corrected chi connectivity index (χ0v) is 21.9. The standard InChI is InChI=1S/C25H26ClF3N6O4/c1-14-18(5-4-6-21(14)39-15-7-8-32-20(11-15)23(36)31-3)34-35-24(37)33-19-12-16(25(27,28)29)17(26)13-22(19)38-10-9-30-2/h4-8,11-13,30,34H,9-10H2,1-3H3,(H,31,36)(H2,33,35,37). The summed E-state index contributed by atoms with van der Waals surface area (Å²) in [6, 6.07) is 8.90. The average Bonchev–Trinajstić information content (AvgIpc) is 2.89. The molecule has 3 rings (SSSR count). The molecular weight excluding hydrogens is 541 g/mol. The lowest BCUT2D eigenvalue weighted by Gasteiger charge is -2.18. The van der Waals surface area contributed by atoms with Gasteiger partial charge in [0, 0.05) is 37.5 Å². The number of hydrogen-bond donors (Lipinski definition) is 5. The minimum Gasteiger partial charge on any atom is -0.490 e. The normalized spacial score (nSPS) is 10.9. The third-order valence-electron chi connectivity index (χ3n) is 5.25. The van der Waals surface area contributed by atoms with E-state index in [1.165, 1.54) is 19.3 Å². The molecule has 0 saturated heterocycles. The first kappa shape index (κ1) is 29.3. The predicted octanol–water partition coefficient (Wildman–Crippen LogP) is 4.96. The van der Waals surface area contributed by atoms with Crippen molar-refractivity contribution in [2.45, 2.75) is 13.1 Å². The molecule has 0 unspecified atom stereocenters. The Bertz CT molecular complexity index is 1340. The van der Waals surface area contributed by atoms with Crippen LogP contribution < -0.4 is 36.3 Å². The van der Waals surface area contributed by atoms with E-state index in [0.29, 0.717) is 35.4 Å². The average molecular weight is 567 g/mol. The Morgan fingerprint density at radius 3 is 2.51 bits per heavy atom. The van der Waals surface area contributed by atoms with Crippen LogP contribution in [-0.2, 0) is 6.18 Å². The van der Waals surface area contributed by atoms with Crippen molar-refractivity contribution < 1.29 is 32.2 Å². The Morgan fingerprint density at radius 1 is 1.05 bits per heavy atom. The Hall–Kier alpha value is -4.23. The van der Waals surface area contributed by atoms with Gasteiger partial charge in [0.05, 0.1) is 22.0 Å². The summed E-state index contributed by atoms with van der Waals surface area (Å²) in [5, 5.41) is 7.11. The second-order valence-electron chi connectivity index (χ2n) is 7.97. The van der Waals surface area contributed by atoms with Gasteiger partial charge in [-0.2, -0.15) is 13.2 Å². The number of pyridine rings is 1. The second kappa shape index (κ2) is 13.0. The van der Waals surface area contributed by atoms with Crippen LogP contribution in [0.25, 0.3) is 0 Å². The van der Waals surface area contributed by atoms with Crippen LogP contribution in [-0.4, -0.2) is 44.2 Å². The Morgan fingerprint density at radius 2 is 1.82 bits per heavy atom. The number of carbonyl (C=O) groups is 2. The largest absolute Gasteiger partial charge is 0.490 e. The van der Waals surface area contributed by atoms with Gasteiger partial charge in [-0.25, -0.2) is 4.79 Å². The number of alkyl halides is 3. The van der Waals surface area contributed by atoms with Crippen LogP contribution in [0.4, 0.5) is 29.3 Å². The van der Waals surface area contributed by atoms with Crippen LogP contribution in [0.15, 0.2) is 48.7 Å². The van der Waals surface area contributed by atoms with Crippen LogP contribution in [0.5, 0.6) is 17.2 Å². The monoisotopic (exact) mass is 566 g/mol. The van der Waals surface area contributed by atoms with Crippen LogP contribution in [0.2, 0.25) is 5.02 Å². The molecule has 208 valence electrons. The van der Waals surface area contributed by atoms with Gasteiger partial charge in [-0.3, -0.25) is 20.6 Å². The highest BCUT2D eigenvalue weighted by molar-refractivity contribution is 6.31. The van der Waals surface area contributed by atoms with Crippen LogP contribution >= 0.6 is 11.6 Å². The van der Waals surface area contributed by atoms with Gasteiger partial charge in [-0.15, -0.1) is 0 Å². The number of rotatable bonds is 10. The summed E-state index contributed by atoms with van der Waals surface area (Å²) in [6.45, 7) is 2.26. The summed E-state index contributed by atoms with van der Waals surface area (Å²) >= 11 is 5.81. The molecule has 0 aliphatic heterocycles. The summed E-state index contributed by atoms with van der Waals surface area (Å²) in [4.78, 5) is 28.4. The molecular formula is C25H26ClF3N6O4. The maximum atomic E-state index is 13.4. The van der Waals surface area contributed by atoms with Crippen molar-refractivity contribution in [3.8, 4) is 17.2 Å². The van der Waals surface area contributed by atoms with E-state index in [9.17, 15) is 22.8 Å². The van der Waals surface area contributed by atoms with E-state index in [1.54, 1.807) is 38.2 Å². The summed E-state index contributed by atoms with van der Waals surface area (Å²) in [5.41, 5.74) is 4.96. The van der Waals surface area contributed by atoms with Gasteiger partial charge in [0.25, 0.3) is 5.91 Å². The maximum absolute atomic E-state index is 13.4. The number of nitrogens with one attached hydrogen (secondary N) is 5. The van der Waals surface area contributed by atoms with Crippen LogP contribution in [0.1, 0.15) is 21.6 Å². The van der Waals surface area contributed by atoms with Gasteiger partial charge in [-0.1, -0.05) is 17.7 Å². The molecule has 2 aromatic carbocycles. The van der Waals surface area contributed by atoms with E-state index in [0.717, 1.165) is 6.07 Å². The maximum Gasteiger partial charge on any atom is 0.417 e. The fourth-order valence-electron chi connectivity index (χ4n) is 3.24. The minimum atomic E-state index is -4.74. The lowest BCUT2D eigenvalue weighted by Crippen LogP contribution is -2.34. The number of benzene rings is 2. The number of aromatic nitrogens is 1. The SMILES string of the molecule is CNCCOc1cc(Cl)c(C(F)(F)F)cc1NC(=O)NNc1cccc(Oc2ccnc(C(=O)NC)c2)c1C. The first-order chi connectivity index (χ1) is 18.5. The number of hydrogen-bond acceptors (Lipinski definition) is 7. The third kappa shape index (κ3) is 7.88. The lowest BCUT2D eigenvalue weighted by molar-refractivity contribution is -0.137. The van der Waals surface area contributed by atoms with Gasteiger partial charge in [0.15, 0.2) is 0 Å². The van der Waals surface area contributed by atoms with E-state index >= 15 is 0 Å². The zero-order chi connectivity index (χ0) is 28.6. The molecule has 0 aliphatic carbocycles. The number of carbonyl (C=O) groups excluding carboxylic acids is 2. The van der Waals surface area contributed by atoms with Crippen molar-refractivity contribution in [3.63, 3.8) is 0 Å². The van der Waals surface area contributed by atoms with E-state index in [-0.39, 0.29) is 29.6 Å². The number of nitrogens with zero attached hydrogens (tertiary/aromatic N) is 1. The molecule has 10 nitrogen and oxygen atoms in total. The topological polar surface area (TPSA) is 126 Å². The van der Waals surface area contributed by atoms with E-state index in [1.807, 2.05) is 0 Å². The van der Waals surface area contributed by atoms with Gasteiger partial charge < -0.3 is 25.4 Å². The molecule has 3 amide bonds. The molecule has 0 atom stereocenters.